The van der Waals surface area contributed by atoms with E-state index in [1.807, 2.05) is 0 Å². The lowest BCUT2D eigenvalue weighted by Crippen LogP contribution is -2.10. The zero-order chi connectivity index (χ0) is 10.4. The van der Waals surface area contributed by atoms with Crippen molar-refractivity contribution in [3.8, 4) is 5.88 Å². The first kappa shape index (κ1) is 10.6. The molecule has 0 unspecified atom stereocenters. The highest BCUT2D eigenvalue weighted by Gasteiger charge is 2.07. The van der Waals surface area contributed by atoms with Crippen LogP contribution in [0.15, 0.2) is 6.07 Å². The number of H-pyrrole nitrogens is 1. The summed E-state index contributed by atoms with van der Waals surface area (Å²) in [5, 5.41) is 6.57. The number of nitrogens with one attached hydrogen (secondary N) is 1. The van der Waals surface area contributed by atoms with Gasteiger partial charge in [-0.2, -0.15) is 5.10 Å². The van der Waals surface area contributed by atoms with Crippen LogP contribution in [0.4, 0.5) is 4.79 Å². The van der Waals surface area contributed by atoms with Gasteiger partial charge in [0.05, 0.1) is 12.3 Å². The number of carbonyl (C=O) groups is 1. The van der Waals surface area contributed by atoms with Gasteiger partial charge in [0.1, 0.15) is 0 Å². The highest BCUT2D eigenvalue weighted by Crippen LogP contribution is 2.10. The van der Waals surface area contributed by atoms with E-state index < -0.39 is 6.16 Å². The van der Waals surface area contributed by atoms with Crippen LogP contribution in [-0.4, -0.2) is 23.0 Å². The second kappa shape index (κ2) is 5.26. The lowest BCUT2D eigenvalue weighted by Gasteiger charge is -1.99. The summed E-state index contributed by atoms with van der Waals surface area (Å²) >= 11 is 0. The summed E-state index contributed by atoms with van der Waals surface area (Å²) in [4.78, 5) is 10.9. The molecule has 0 saturated carbocycles. The van der Waals surface area contributed by atoms with E-state index in [2.05, 4.69) is 21.9 Å². The second-order valence-electron chi connectivity index (χ2n) is 2.76. The number of aromatic amines is 1. The van der Waals surface area contributed by atoms with Crippen molar-refractivity contribution in [2.75, 3.05) is 6.61 Å². The molecule has 5 nitrogen and oxygen atoms in total. The molecule has 1 N–H and O–H groups in total. The normalized spacial score (nSPS) is 9.86. The molecule has 78 valence electrons. The number of ether oxygens (including phenoxy) is 2. The maximum absolute atomic E-state index is 10.9. The summed E-state index contributed by atoms with van der Waals surface area (Å²) < 4.78 is 9.41. The number of aromatic nitrogens is 2. The number of hydrogen-bond donors (Lipinski definition) is 1. The Balaban J connectivity index is 2.46. The largest absolute Gasteiger partial charge is 0.515 e. The Labute approximate surface area is 82.4 Å². The van der Waals surface area contributed by atoms with Gasteiger partial charge in [0.2, 0.25) is 5.88 Å². The van der Waals surface area contributed by atoms with E-state index in [1.54, 1.807) is 13.0 Å². The highest BCUT2D eigenvalue weighted by molar-refractivity contribution is 5.62. The topological polar surface area (TPSA) is 64.2 Å². The fourth-order valence-electron chi connectivity index (χ4n) is 1.02. The molecule has 0 aromatic carbocycles. The Morgan fingerprint density at radius 1 is 1.57 bits per heavy atom. The summed E-state index contributed by atoms with van der Waals surface area (Å²) in [5.41, 5.74) is 0.881. The van der Waals surface area contributed by atoms with Crippen molar-refractivity contribution in [1.82, 2.24) is 10.2 Å². The maximum atomic E-state index is 10.9. The predicted molar refractivity (Wildman–Crippen MR) is 50.2 cm³/mol. The van der Waals surface area contributed by atoms with Crippen LogP contribution in [0.5, 0.6) is 5.88 Å². The van der Waals surface area contributed by atoms with E-state index in [0.717, 1.165) is 18.5 Å². The third kappa shape index (κ3) is 3.08. The van der Waals surface area contributed by atoms with Gasteiger partial charge >= 0.3 is 6.16 Å². The van der Waals surface area contributed by atoms with Gasteiger partial charge in [0.15, 0.2) is 0 Å². The van der Waals surface area contributed by atoms with Crippen LogP contribution in [0.2, 0.25) is 0 Å². The van der Waals surface area contributed by atoms with E-state index in [1.165, 1.54) is 0 Å². The Kier molecular flexibility index (Phi) is 3.97. The molecule has 1 heterocycles. The van der Waals surface area contributed by atoms with Crippen LogP contribution in [0, 0.1) is 0 Å². The van der Waals surface area contributed by atoms with Gasteiger partial charge in [-0.15, -0.1) is 0 Å². The zero-order valence-corrected chi connectivity index (χ0v) is 8.37. The molecule has 0 aliphatic rings. The van der Waals surface area contributed by atoms with Gasteiger partial charge < -0.3 is 9.47 Å². The lowest BCUT2D eigenvalue weighted by atomic mass is 10.3. The van der Waals surface area contributed by atoms with Crippen molar-refractivity contribution in [1.29, 1.82) is 0 Å². The minimum atomic E-state index is -0.709. The third-order valence-electron chi connectivity index (χ3n) is 1.57. The Hall–Kier alpha value is -1.52. The number of aryl methyl sites for hydroxylation is 1. The molecule has 0 aliphatic heterocycles. The predicted octanol–water partition coefficient (Wildman–Crippen LogP) is 1.90. The summed E-state index contributed by atoms with van der Waals surface area (Å²) in [6.07, 6.45) is 1.16. The van der Waals surface area contributed by atoms with E-state index in [9.17, 15) is 4.79 Å². The van der Waals surface area contributed by atoms with Crippen LogP contribution in [0.25, 0.3) is 0 Å². The molecule has 1 rings (SSSR count). The molecule has 0 fully saturated rings. The van der Waals surface area contributed by atoms with Crippen LogP contribution < -0.4 is 4.74 Å². The van der Waals surface area contributed by atoms with E-state index >= 15 is 0 Å². The molecule has 0 bridgehead atoms. The molecule has 1 aromatic heterocycles. The van der Waals surface area contributed by atoms with Gasteiger partial charge in [-0.05, 0) is 13.3 Å². The zero-order valence-electron chi connectivity index (χ0n) is 8.37. The first-order valence-electron chi connectivity index (χ1n) is 4.65. The average molecular weight is 198 g/mol. The standard InChI is InChI=1S/C9H14N2O3/c1-3-5-7-6-8(11-10-7)14-9(12)13-4-2/h6H,3-5H2,1-2H3,(H,10,11). The van der Waals surface area contributed by atoms with E-state index in [-0.39, 0.29) is 0 Å². The average Bonchev–Trinajstić information content (AvgIpc) is 2.53. The molecule has 0 atom stereocenters. The third-order valence-corrected chi connectivity index (χ3v) is 1.57. The molecule has 0 spiro atoms. The van der Waals surface area contributed by atoms with E-state index in [4.69, 9.17) is 4.74 Å². The van der Waals surface area contributed by atoms with Crippen molar-refractivity contribution in [2.24, 2.45) is 0 Å². The van der Waals surface area contributed by atoms with Gasteiger partial charge in [0, 0.05) is 6.07 Å². The molecule has 0 aliphatic carbocycles. The summed E-state index contributed by atoms with van der Waals surface area (Å²) in [6.45, 7) is 4.08. The Bertz CT molecular complexity index is 296. The smallest absolute Gasteiger partial charge is 0.434 e. The van der Waals surface area contributed by atoms with Crippen molar-refractivity contribution in [3.63, 3.8) is 0 Å². The van der Waals surface area contributed by atoms with Gasteiger partial charge in [0.25, 0.3) is 0 Å². The maximum Gasteiger partial charge on any atom is 0.515 e. The van der Waals surface area contributed by atoms with E-state index in [0.29, 0.717) is 12.5 Å². The minimum Gasteiger partial charge on any atom is -0.434 e. The van der Waals surface area contributed by atoms with Crippen LogP contribution in [-0.2, 0) is 11.2 Å². The first-order valence-corrected chi connectivity index (χ1v) is 4.65. The summed E-state index contributed by atoms with van der Waals surface area (Å²) in [5.74, 6) is 0.326. The first-order chi connectivity index (χ1) is 6.76. The SMILES string of the molecule is CCCc1cc(OC(=O)OCC)[nH]n1. The van der Waals surface area contributed by atoms with Gasteiger partial charge in [-0.25, -0.2) is 9.89 Å². The molecule has 5 heteroatoms. The summed E-state index contributed by atoms with van der Waals surface area (Å²) in [6, 6.07) is 1.69. The molecular weight excluding hydrogens is 184 g/mol. The molecule has 1 aromatic rings. The number of nitrogens with zero attached hydrogens (tertiary/aromatic N) is 1. The van der Waals surface area contributed by atoms with Crippen molar-refractivity contribution in [2.45, 2.75) is 26.7 Å². The lowest BCUT2D eigenvalue weighted by molar-refractivity contribution is 0.102. The number of hydrogen-bond acceptors (Lipinski definition) is 4. The molecule has 0 radical (unpaired) electrons. The molecular formula is C9H14N2O3. The minimum absolute atomic E-state index is 0.300. The quantitative estimate of drug-likeness (QED) is 0.750. The van der Waals surface area contributed by atoms with Gasteiger partial charge in [-0.1, -0.05) is 13.3 Å². The fraction of sp³-hybridized carbons (Fsp3) is 0.556. The number of carbonyl (C=O) groups excluding carboxylic acids is 1. The summed E-state index contributed by atoms with van der Waals surface area (Å²) in [7, 11) is 0. The monoisotopic (exact) mass is 198 g/mol. The van der Waals surface area contributed by atoms with Crippen molar-refractivity contribution >= 4 is 6.16 Å². The van der Waals surface area contributed by atoms with Crippen molar-refractivity contribution < 1.29 is 14.3 Å². The van der Waals surface area contributed by atoms with Gasteiger partial charge in [-0.3, -0.25) is 0 Å². The molecule has 0 saturated heterocycles. The van der Waals surface area contributed by atoms with Crippen LogP contribution >= 0.6 is 0 Å². The van der Waals surface area contributed by atoms with Crippen molar-refractivity contribution in [3.05, 3.63) is 11.8 Å². The highest BCUT2D eigenvalue weighted by atomic mass is 16.7. The molecule has 0 amide bonds. The molecule has 14 heavy (non-hydrogen) atoms. The van der Waals surface area contributed by atoms with Crippen LogP contribution in [0.1, 0.15) is 26.0 Å². The van der Waals surface area contributed by atoms with Crippen LogP contribution in [0.3, 0.4) is 0 Å². The Morgan fingerprint density at radius 3 is 3.00 bits per heavy atom. The number of rotatable bonds is 4. The fourth-order valence-corrected chi connectivity index (χ4v) is 1.02. The second-order valence-corrected chi connectivity index (χ2v) is 2.76. The Morgan fingerprint density at radius 2 is 2.36 bits per heavy atom.